The van der Waals surface area contributed by atoms with Crippen LogP contribution in [0.3, 0.4) is 0 Å². The summed E-state index contributed by atoms with van der Waals surface area (Å²) in [6.45, 7) is 0. The predicted molar refractivity (Wildman–Crippen MR) is 56.7 cm³/mol. The van der Waals surface area contributed by atoms with E-state index in [4.69, 9.17) is 0 Å². The third-order valence-electron chi connectivity index (χ3n) is 2.14. The van der Waals surface area contributed by atoms with Crippen molar-refractivity contribution in [2.24, 2.45) is 0 Å². The van der Waals surface area contributed by atoms with Gasteiger partial charge in [0, 0.05) is 5.41 Å². The van der Waals surface area contributed by atoms with Gasteiger partial charge in [0.1, 0.15) is 5.82 Å². The van der Waals surface area contributed by atoms with E-state index in [2.05, 4.69) is 5.32 Å². The Balaban J connectivity index is 2.12. The fourth-order valence-electron chi connectivity index (χ4n) is 1.44. The lowest BCUT2D eigenvalue weighted by Gasteiger charge is -2.11. The lowest BCUT2D eigenvalue weighted by Crippen LogP contribution is -2.21. The van der Waals surface area contributed by atoms with E-state index < -0.39 is 9.84 Å². The van der Waals surface area contributed by atoms with E-state index >= 15 is 0 Å². The summed E-state index contributed by atoms with van der Waals surface area (Å²) >= 11 is 0. The van der Waals surface area contributed by atoms with Crippen LogP contribution in [0.5, 0.6) is 0 Å². The van der Waals surface area contributed by atoms with E-state index in [0.29, 0.717) is 5.69 Å². The number of nitrogens with one attached hydrogen (secondary N) is 1. The lowest BCUT2D eigenvalue weighted by molar-refractivity contribution is 0.604. The van der Waals surface area contributed by atoms with Gasteiger partial charge in [-0.2, -0.15) is 0 Å². The molecule has 1 aliphatic rings. The molecule has 0 radical (unpaired) electrons. The van der Waals surface area contributed by atoms with Crippen molar-refractivity contribution < 1.29 is 12.8 Å². The first-order valence-electron chi connectivity index (χ1n) is 4.49. The number of anilines is 1. The maximum atomic E-state index is 13.2. The number of halogens is 1. The van der Waals surface area contributed by atoms with E-state index in [0.717, 1.165) is 5.41 Å². The largest absolute Gasteiger partial charge is 0.375 e. The van der Waals surface area contributed by atoms with E-state index in [1.807, 2.05) is 0 Å². The molecular weight excluding hydrogens is 217 g/mol. The van der Waals surface area contributed by atoms with Crippen molar-refractivity contribution in [2.75, 3.05) is 11.1 Å². The Morgan fingerprint density at radius 1 is 1.33 bits per heavy atom. The van der Waals surface area contributed by atoms with Crippen LogP contribution in [0.2, 0.25) is 0 Å². The molecule has 1 heterocycles. The van der Waals surface area contributed by atoms with Gasteiger partial charge >= 0.3 is 0 Å². The minimum absolute atomic E-state index is 0.0126. The van der Waals surface area contributed by atoms with Gasteiger partial charge in [-0.15, -0.1) is 0 Å². The molecule has 0 bridgehead atoms. The second kappa shape index (κ2) is 3.66. The van der Waals surface area contributed by atoms with Crippen molar-refractivity contribution in [3.63, 3.8) is 0 Å². The highest BCUT2D eigenvalue weighted by Gasteiger charge is 2.21. The lowest BCUT2D eigenvalue weighted by atomic mass is 10.2. The van der Waals surface area contributed by atoms with Crippen molar-refractivity contribution in [1.82, 2.24) is 0 Å². The molecule has 1 atom stereocenters. The first-order chi connectivity index (χ1) is 7.07. The molecule has 0 saturated heterocycles. The van der Waals surface area contributed by atoms with Gasteiger partial charge in [0.2, 0.25) is 0 Å². The highest BCUT2D eigenvalue weighted by molar-refractivity contribution is 7.94. The van der Waals surface area contributed by atoms with Crippen LogP contribution in [-0.4, -0.2) is 20.2 Å². The highest BCUT2D eigenvalue weighted by atomic mass is 32.2. The van der Waals surface area contributed by atoms with Crippen LogP contribution < -0.4 is 5.32 Å². The van der Waals surface area contributed by atoms with Crippen molar-refractivity contribution in [2.45, 2.75) is 6.04 Å². The molecule has 0 fully saturated rings. The number of hydrogen-bond acceptors (Lipinski definition) is 3. The summed E-state index contributed by atoms with van der Waals surface area (Å²) in [4.78, 5) is 0. The Morgan fingerprint density at radius 3 is 2.67 bits per heavy atom. The summed E-state index contributed by atoms with van der Waals surface area (Å²) in [5.41, 5.74) is 0.323. The maximum Gasteiger partial charge on any atom is 0.173 e. The molecule has 1 N–H and O–H groups in total. The van der Waals surface area contributed by atoms with Crippen LogP contribution >= 0.6 is 0 Å². The Bertz CT molecular complexity index is 496. The zero-order chi connectivity index (χ0) is 10.9. The number of hydrogen-bond donors (Lipinski definition) is 1. The SMILES string of the molecule is O=S1(=O)C=C[C@H](Nc2ccccc2F)C1. The molecule has 80 valence electrons. The molecule has 1 aliphatic heterocycles. The van der Waals surface area contributed by atoms with Crippen molar-refractivity contribution in [3.05, 3.63) is 41.6 Å². The van der Waals surface area contributed by atoms with Gasteiger partial charge in [0.25, 0.3) is 0 Å². The van der Waals surface area contributed by atoms with E-state index in [9.17, 15) is 12.8 Å². The van der Waals surface area contributed by atoms with Gasteiger partial charge in [-0.3, -0.25) is 0 Å². The van der Waals surface area contributed by atoms with Crippen molar-refractivity contribution in [3.8, 4) is 0 Å². The summed E-state index contributed by atoms with van der Waals surface area (Å²) in [5.74, 6) is -0.392. The van der Waals surface area contributed by atoms with Gasteiger partial charge in [0.05, 0.1) is 17.5 Å². The average molecular weight is 227 g/mol. The number of benzene rings is 1. The number of sulfone groups is 1. The van der Waals surface area contributed by atoms with Gasteiger partial charge in [-0.1, -0.05) is 18.2 Å². The zero-order valence-corrected chi connectivity index (χ0v) is 8.67. The van der Waals surface area contributed by atoms with Crippen molar-refractivity contribution in [1.29, 1.82) is 0 Å². The van der Waals surface area contributed by atoms with Gasteiger partial charge in [0.15, 0.2) is 9.84 Å². The Hall–Kier alpha value is -1.36. The quantitative estimate of drug-likeness (QED) is 0.833. The second-order valence-corrected chi connectivity index (χ2v) is 5.32. The van der Waals surface area contributed by atoms with Gasteiger partial charge in [-0.05, 0) is 12.1 Å². The highest BCUT2D eigenvalue weighted by Crippen LogP contribution is 2.17. The Morgan fingerprint density at radius 2 is 2.07 bits per heavy atom. The minimum Gasteiger partial charge on any atom is -0.375 e. The smallest absolute Gasteiger partial charge is 0.173 e. The molecule has 2 rings (SSSR count). The summed E-state index contributed by atoms with van der Waals surface area (Å²) in [5, 5.41) is 3.98. The third kappa shape index (κ3) is 2.36. The second-order valence-electron chi connectivity index (χ2n) is 3.39. The first kappa shape index (κ1) is 10.2. The van der Waals surface area contributed by atoms with Gasteiger partial charge < -0.3 is 5.32 Å². The fourth-order valence-corrected chi connectivity index (χ4v) is 2.68. The van der Waals surface area contributed by atoms with Crippen LogP contribution in [-0.2, 0) is 9.84 Å². The first-order valence-corrected chi connectivity index (χ1v) is 6.20. The minimum atomic E-state index is -3.09. The standard InChI is InChI=1S/C10H10FNO2S/c11-9-3-1-2-4-10(9)12-8-5-6-15(13,14)7-8/h1-6,8,12H,7H2/t8-/m0/s1. The molecule has 0 unspecified atom stereocenters. The van der Waals surface area contributed by atoms with Crippen LogP contribution in [0, 0.1) is 5.82 Å². The average Bonchev–Trinajstić information content (AvgIpc) is 2.50. The topological polar surface area (TPSA) is 46.2 Å². The summed E-state index contributed by atoms with van der Waals surface area (Å²) in [6, 6.07) is 5.84. The molecule has 3 nitrogen and oxygen atoms in total. The molecule has 0 aliphatic carbocycles. The van der Waals surface area contributed by atoms with Gasteiger partial charge in [-0.25, -0.2) is 12.8 Å². The van der Waals surface area contributed by atoms with Crippen LogP contribution in [0.4, 0.5) is 10.1 Å². The molecule has 0 saturated carbocycles. The van der Waals surface area contributed by atoms with Crippen LogP contribution in [0.15, 0.2) is 35.7 Å². The zero-order valence-electron chi connectivity index (χ0n) is 7.85. The molecule has 1 aromatic rings. The summed E-state index contributed by atoms with van der Waals surface area (Å²) in [7, 11) is -3.09. The van der Waals surface area contributed by atoms with E-state index in [1.54, 1.807) is 18.2 Å². The van der Waals surface area contributed by atoms with E-state index in [-0.39, 0.29) is 17.6 Å². The summed E-state index contributed by atoms with van der Waals surface area (Å²) in [6.07, 6.45) is 1.53. The van der Waals surface area contributed by atoms with E-state index in [1.165, 1.54) is 12.1 Å². The molecule has 0 aromatic heterocycles. The molecule has 15 heavy (non-hydrogen) atoms. The number of rotatable bonds is 2. The number of para-hydroxylation sites is 1. The Kier molecular flexibility index (Phi) is 2.48. The monoisotopic (exact) mass is 227 g/mol. The van der Waals surface area contributed by atoms with Crippen molar-refractivity contribution >= 4 is 15.5 Å². The molecule has 5 heteroatoms. The molecule has 1 aromatic carbocycles. The fraction of sp³-hybridized carbons (Fsp3) is 0.200. The van der Waals surface area contributed by atoms with Crippen LogP contribution in [0.1, 0.15) is 0 Å². The summed E-state index contributed by atoms with van der Waals surface area (Å²) < 4.78 is 35.4. The molecule has 0 spiro atoms. The maximum absolute atomic E-state index is 13.2. The predicted octanol–water partition coefficient (Wildman–Crippen LogP) is 1.55. The Labute approximate surface area is 87.5 Å². The third-order valence-corrected chi connectivity index (χ3v) is 3.54. The van der Waals surface area contributed by atoms with Crippen LogP contribution in [0.25, 0.3) is 0 Å². The molecule has 0 amide bonds. The molecular formula is C10H10FNO2S. The normalized spacial score (nSPS) is 22.9.